The Labute approximate surface area is 140 Å². The van der Waals surface area contributed by atoms with Crippen LogP contribution in [0.4, 0.5) is 4.79 Å². The van der Waals surface area contributed by atoms with E-state index < -0.39 is 18.0 Å². The molecule has 0 aliphatic carbocycles. The number of nitrogens with one attached hydrogen (secondary N) is 2. The molecule has 0 fully saturated rings. The molecule has 1 atom stereocenters. The molecule has 24 heavy (non-hydrogen) atoms. The second kappa shape index (κ2) is 8.34. The molecule has 0 bridgehead atoms. The van der Waals surface area contributed by atoms with Gasteiger partial charge in [0.2, 0.25) is 6.10 Å². The molecular formula is C18H17N3O3. The predicted octanol–water partition coefficient (Wildman–Crippen LogP) is 2.52. The van der Waals surface area contributed by atoms with E-state index in [1.807, 2.05) is 12.1 Å². The van der Waals surface area contributed by atoms with E-state index in [0.717, 1.165) is 0 Å². The van der Waals surface area contributed by atoms with Gasteiger partial charge in [-0.05, 0) is 25.1 Å². The number of imide groups is 1. The highest BCUT2D eigenvalue weighted by molar-refractivity contribution is 5.97. The molecule has 0 aromatic heterocycles. The Hall–Kier alpha value is -3.33. The second-order valence-electron chi connectivity index (χ2n) is 4.90. The van der Waals surface area contributed by atoms with Crippen LogP contribution in [-0.4, -0.2) is 18.5 Å². The normalized spacial score (nSPS) is 11.0. The number of nitriles is 1. The predicted molar refractivity (Wildman–Crippen MR) is 88.2 cm³/mol. The Morgan fingerprint density at radius 3 is 2.58 bits per heavy atom. The molecule has 0 aliphatic rings. The van der Waals surface area contributed by atoms with E-state index >= 15 is 0 Å². The van der Waals surface area contributed by atoms with Crippen LogP contribution < -0.4 is 15.4 Å². The molecule has 0 aliphatic heterocycles. The molecule has 0 saturated heterocycles. The Bertz CT molecular complexity index is 754. The molecule has 122 valence electrons. The molecule has 0 heterocycles. The summed E-state index contributed by atoms with van der Waals surface area (Å²) >= 11 is 0. The van der Waals surface area contributed by atoms with Crippen molar-refractivity contribution in [3.63, 3.8) is 0 Å². The van der Waals surface area contributed by atoms with Gasteiger partial charge in [-0.3, -0.25) is 10.1 Å². The number of ether oxygens (including phenoxy) is 1. The fraction of sp³-hybridized carbons (Fsp3) is 0.167. The average molecular weight is 323 g/mol. The summed E-state index contributed by atoms with van der Waals surface area (Å²) in [6.07, 6.45) is -1.01. The van der Waals surface area contributed by atoms with E-state index in [1.165, 1.54) is 6.07 Å². The Morgan fingerprint density at radius 2 is 1.92 bits per heavy atom. The lowest BCUT2D eigenvalue weighted by molar-refractivity contribution is -0.127. The van der Waals surface area contributed by atoms with E-state index in [0.29, 0.717) is 23.4 Å². The van der Waals surface area contributed by atoms with E-state index in [4.69, 9.17) is 10.00 Å². The van der Waals surface area contributed by atoms with Crippen molar-refractivity contribution in [3.05, 3.63) is 65.7 Å². The molecule has 3 amide bonds. The first-order valence-electron chi connectivity index (χ1n) is 7.44. The minimum atomic E-state index is -1.01. The van der Waals surface area contributed by atoms with Gasteiger partial charge in [-0.25, -0.2) is 4.79 Å². The van der Waals surface area contributed by atoms with E-state index in [2.05, 4.69) is 10.6 Å². The molecule has 0 spiro atoms. The molecule has 2 aromatic carbocycles. The van der Waals surface area contributed by atoms with Gasteiger partial charge in [-0.15, -0.1) is 0 Å². The summed E-state index contributed by atoms with van der Waals surface area (Å²) in [7, 11) is 0. The first-order chi connectivity index (χ1) is 11.6. The van der Waals surface area contributed by atoms with Gasteiger partial charge < -0.3 is 10.1 Å². The van der Waals surface area contributed by atoms with E-state index in [1.54, 1.807) is 49.4 Å². The van der Waals surface area contributed by atoms with Crippen molar-refractivity contribution >= 4 is 11.9 Å². The number of nitrogens with zero attached hydrogens (tertiary/aromatic N) is 1. The standard InChI is InChI=1S/C18H17N3O3/c1-2-20-18(23)21-17(22)16(14-8-4-3-5-9-14)24-15-10-6-7-13(11-15)12-19/h3-11,16H,2H2,1H3,(H2,20,21,22,23)/t16-/m0/s1. The lowest BCUT2D eigenvalue weighted by Crippen LogP contribution is -2.42. The van der Waals surface area contributed by atoms with Gasteiger partial charge in [0, 0.05) is 12.1 Å². The molecule has 6 heteroatoms. The molecule has 2 N–H and O–H groups in total. The number of hydrogen-bond donors (Lipinski definition) is 2. The van der Waals surface area contributed by atoms with Crippen molar-refractivity contribution in [2.45, 2.75) is 13.0 Å². The number of carbonyl (C=O) groups excluding carboxylic acids is 2. The zero-order valence-electron chi connectivity index (χ0n) is 13.2. The average Bonchev–Trinajstić information content (AvgIpc) is 2.60. The largest absolute Gasteiger partial charge is 0.476 e. The summed E-state index contributed by atoms with van der Waals surface area (Å²) in [6.45, 7) is 2.16. The zero-order chi connectivity index (χ0) is 17.4. The van der Waals surface area contributed by atoms with Crippen LogP contribution in [0.15, 0.2) is 54.6 Å². The van der Waals surface area contributed by atoms with Crippen LogP contribution in [0.5, 0.6) is 5.75 Å². The van der Waals surface area contributed by atoms with Crippen LogP contribution >= 0.6 is 0 Å². The van der Waals surface area contributed by atoms with E-state index in [9.17, 15) is 9.59 Å². The van der Waals surface area contributed by atoms with Crippen LogP contribution in [0.1, 0.15) is 24.2 Å². The minimum Gasteiger partial charge on any atom is -0.476 e. The lowest BCUT2D eigenvalue weighted by atomic mass is 10.1. The van der Waals surface area contributed by atoms with Crippen molar-refractivity contribution in [1.82, 2.24) is 10.6 Å². The minimum absolute atomic E-state index is 0.369. The van der Waals surface area contributed by atoms with Crippen molar-refractivity contribution in [2.24, 2.45) is 0 Å². The maximum absolute atomic E-state index is 12.4. The highest BCUT2D eigenvalue weighted by atomic mass is 16.5. The summed E-state index contributed by atoms with van der Waals surface area (Å²) in [5.41, 5.74) is 1.02. The number of amides is 3. The lowest BCUT2D eigenvalue weighted by Gasteiger charge is -2.19. The second-order valence-corrected chi connectivity index (χ2v) is 4.90. The smallest absolute Gasteiger partial charge is 0.321 e. The SMILES string of the molecule is CCNC(=O)NC(=O)[C@@H](Oc1cccc(C#N)c1)c1ccccc1. The number of urea groups is 1. The Morgan fingerprint density at radius 1 is 1.17 bits per heavy atom. The highest BCUT2D eigenvalue weighted by Crippen LogP contribution is 2.23. The molecule has 0 unspecified atom stereocenters. The fourth-order valence-electron chi connectivity index (χ4n) is 2.06. The first kappa shape index (κ1) is 17.0. The highest BCUT2D eigenvalue weighted by Gasteiger charge is 2.24. The number of rotatable bonds is 5. The van der Waals surface area contributed by atoms with Gasteiger partial charge in [-0.2, -0.15) is 5.26 Å². The molecule has 0 radical (unpaired) electrons. The summed E-state index contributed by atoms with van der Waals surface area (Å²) in [4.78, 5) is 24.0. The van der Waals surface area contributed by atoms with Crippen LogP contribution in [0, 0.1) is 11.3 Å². The van der Waals surface area contributed by atoms with Crippen molar-refractivity contribution in [1.29, 1.82) is 5.26 Å². The molecule has 2 rings (SSSR count). The Balaban J connectivity index is 2.24. The van der Waals surface area contributed by atoms with Gasteiger partial charge in [0.05, 0.1) is 11.6 Å². The van der Waals surface area contributed by atoms with Crippen LogP contribution in [0.2, 0.25) is 0 Å². The molecule has 6 nitrogen and oxygen atoms in total. The Kier molecular flexibility index (Phi) is 5.92. The third-order valence-electron chi connectivity index (χ3n) is 3.13. The first-order valence-corrected chi connectivity index (χ1v) is 7.44. The van der Waals surface area contributed by atoms with Crippen LogP contribution in [0.25, 0.3) is 0 Å². The third kappa shape index (κ3) is 4.58. The quantitative estimate of drug-likeness (QED) is 0.884. The number of hydrogen-bond acceptors (Lipinski definition) is 4. The van der Waals surface area contributed by atoms with Crippen LogP contribution in [0.3, 0.4) is 0 Å². The summed E-state index contributed by atoms with van der Waals surface area (Å²) < 4.78 is 5.74. The molecule has 2 aromatic rings. The van der Waals surface area contributed by atoms with Crippen LogP contribution in [-0.2, 0) is 4.79 Å². The molecule has 0 saturated carbocycles. The number of benzene rings is 2. The van der Waals surface area contributed by atoms with Gasteiger partial charge in [-0.1, -0.05) is 36.4 Å². The maximum Gasteiger partial charge on any atom is 0.321 e. The van der Waals surface area contributed by atoms with Gasteiger partial charge >= 0.3 is 6.03 Å². The van der Waals surface area contributed by atoms with Gasteiger partial charge in [0.25, 0.3) is 5.91 Å². The maximum atomic E-state index is 12.4. The van der Waals surface area contributed by atoms with Crippen molar-refractivity contribution < 1.29 is 14.3 Å². The van der Waals surface area contributed by atoms with Gasteiger partial charge in [0.15, 0.2) is 0 Å². The number of carbonyl (C=O) groups is 2. The summed E-state index contributed by atoms with van der Waals surface area (Å²) in [6, 6.07) is 16.7. The summed E-state index contributed by atoms with van der Waals surface area (Å²) in [5, 5.41) is 13.7. The van der Waals surface area contributed by atoms with Gasteiger partial charge in [0.1, 0.15) is 5.75 Å². The third-order valence-corrected chi connectivity index (χ3v) is 3.13. The topological polar surface area (TPSA) is 91.2 Å². The monoisotopic (exact) mass is 323 g/mol. The molecular weight excluding hydrogens is 306 g/mol. The van der Waals surface area contributed by atoms with E-state index in [-0.39, 0.29) is 0 Å². The fourth-order valence-corrected chi connectivity index (χ4v) is 2.06. The van der Waals surface area contributed by atoms with Crippen molar-refractivity contribution in [2.75, 3.05) is 6.54 Å². The summed E-state index contributed by atoms with van der Waals surface area (Å²) in [5.74, 6) is -0.219. The van der Waals surface area contributed by atoms with Crippen molar-refractivity contribution in [3.8, 4) is 11.8 Å². The zero-order valence-corrected chi connectivity index (χ0v) is 13.2.